The number of likely N-dealkylation sites (tertiary alicyclic amines) is 1. The fraction of sp³-hybridized carbons (Fsp3) is 0.780. The minimum atomic E-state index is -0.882. The van der Waals surface area contributed by atoms with Crippen molar-refractivity contribution in [3.05, 3.63) is 36.5 Å². The molecule has 7 fully saturated rings. The lowest BCUT2D eigenvalue weighted by Crippen LogP contribution is -2.67. The number of amides is 1. The third-order valence-corrected chi connectivity index (χ3v) is 19.7. The van der Waals surface area contributed by atoms with Crippen LogP contribution in [0.5, 0.6) is 0 Å². The van der Waals surface area contributed by atoms with Gasteiger partial charge in [-0.2, -0.15) is 0 Å². The smallest absolute Gasteiger partial charge is 0.306 e. The fourth-order valence-electron chi connectivity index (χ4n) is 16.3. The van der Waals surface area contributed by atoms with Crippen LogP contribution in [0.4, 0.5) is 0 Å². The number of ether oxygens (including phenoxy) is 1. The van der Waals surface area contributed by atoms with Gasteiger partial charge in [0.1, 0.15) is 11.9 Å². The molecule has 3 heterocycles. The van der Waals surface area contributed by atoms with Crippen LogP contribution in [0.15, 0.2) is 30.7 Å². The predicted molar refractivity (Wildman–Crippen MR) is 228 cm³/mol. The summed E-state index contributed by atoms with van der Waals surface area (Å²) >= 11 is 0. The minimum Gasteiger partial charge on any atom is -0.481 e. The van der Waals surface area contributed by atoms with Crippen molar-refractivity contribution in [2.45, 2.75) is 170 Å². The van der Waals surface area contributed by atoms with Crippen molar-refractivity contribution in [2.24, 2.45) is 67.5 Å². The second-order valence-corrected chi connectivity index (χ2v) is 23.5. The van der Waals surface area contributed by atoms with E-state index in [0.29, 0.717) is 40.9 Å². The van der Waals surface area contributed by atoms with Gasteiger partial charge in [0.15, 0.2) is 0 Å². The molecule has 11 atom stereocenters. The van der Waals surface area contributed by atoms with Crippen LogP contribution in [0, 0.1) is 67.5 Å². The molecule has 0 bridgehead atoms. The Hall–Kier alpha value is -3.23. The van der Waals surface area contributed by atoms with Crippen LogP contribution in [-0.4, -0.2) is 55.5 Å². The van der Waals surface area contributed by atoms with Gasteiger partial charge in [0, 0.05) is 29.9 Å². The Morgan fingerprint density at radius 2 is 1.63 bits per heavy atom. The highest BCUT2D eigenvalue weighted by molar-refractivity contribution is 5.84. The molecule has 6 aliphatic carbocycles. The fourth-order valence-corrected chi connectivity index (χ4v) is 16.3. The SMILES string of the molecule is CC(C)(CC(=O)O)CC(=O)O[C@H]1CC[C@]2(C)[C@H]3CC[C@@H]4[C@H]5[C@H](C6(C)CC6)CC[C@]5(C(=O)N5CCCC5c5ncc(-c6cccnc6)[nH]5)CC[C@@]4(C)[C@]3(C)CC[C@H]2C1(C)C. The first-order valence-corrected chi connectivity index (χ1v) is 23.5. The second kappa shape index (κ2) is 13.9. The summed E-state index contributed by atoms with van der Waals surface area (Å²) in [5.74, 6) is 2.78. The van der Waals surface area contributed by atoms with Crippen LogP contribution < -0.4 is 0 Å². The summed E-state index contributed by atoms with van der Waals surface area (Å²) in [7, 11) is 0. The molecular formula is C50H72N4O5. The molecule has 1 unspecified atom stereocenters. The number of carboxylic acids is 1. The number of aliphatic carboxylic acids is 1. The Morgan fingerprint density at radius 3 is 2.34 bits per heavy atom. The van der Waals surface area contributed by atoms with Gasteiger partial charge in [-0.25, -0.2) is 4.98 Å². The molecular weight excluding hydrogens is 737 g/mol. The predicted octanol–water partition coefficient (Wildman–Crippen LogP) is 10.8. The molecule has 7 aliphatic rings. The first-order valence-electron chi connectivity index (χ1n) is 23.5. The van der Waals surface area contributed by atoms with E-state index in [0.717, 1.165) is 75.0 Å². The molecule has 6 saturated carbocycles. The number of esters is 1. The molecule has 9 nitrogen and oxygen atoms in total. The molecule has 0 spiro atoms. The number of H-pyrrole nitrogens is 1. The Morgan fingerprint density at radius 1 is 0.847 bits per heavy atom. The van der Waals surface area contributed by atoms with Gasteiger partial charge >= 0.3 is 11.9 Å². The third-order valence-electron chi connectivity index (χ3n) is 19.7. The van der Waals surface area contributed by atoms with Crippen molar-refractivity contribution >= 4 is 17.8 Å². The summed E-state index contributed by atoms with van der Waals surface area (Å²) in [6.45, 7) is 19.7. The highest BCUT2D eigenvalue weighted by atomic mass is 16.5. The zero-order valence-corrected chi connectivity index (χ0v) is 37.4. The summed E-state index contributed by atoms with van der Waals surface area (Å²) < 4.78 is 6.34. The highest BCUT2D eigenvalue weighted by Gasteiger charge is 2.74. The summed E-state index contributed by atoms with van der Waals surface area (Å²) in [4.78, 5) is 55.6. The first-order chi connectivity index (χ1) is 27.8. The average molecular weight is 809 g/mol. The average Bonchev–Trinajstić information content (AvgIpc) is 3.56. The molecule has 9 rings (SSSR count). The number of hydrogen-bond acceptors (Lipinski definition) is 6. The number of imidazole rings is 1. The Kier molecular flexibility index (Phi) is 9.69. The lowest BCUT2D eigenvalue weighted by atomic mass is 9.32. The number of nitrogens with one attached hydrogen (secondary N) is 1. The maximum atomic E-state index is 15.7. The number of carbonyl (C=O) groups excluding carboxylic acids is 2. The van der Waals surface area contributed by atoms with E-state index in [1.807, 2.05) is 32.3 Å². The molecule has 0 radical (unpaired) electrons. The van der Waals surface area contributed by atoms with Crippen LogP contribution in [0.3, 0.4) is 0 Å². The number of rotatable bonds is 9. The number of carboxylic acid groups (broad SMARTS) is 1. The van der Waals surface area contributed by atoms with Crippen molar-refractivity contribution in [2.75, 3.05) is 6.54 Å². The molecule has 0 aromatic carbocycles. The van der Waals surface area contributed by atoms with Gasteiger partial charge in [0.25, 0.3) is 0 Å². The van der Waals surface area contributed by atoms with Gasteiger partial charge in [0.2, 0.25) is 5.91 Å². The maximum Gasteiger partial charge on any atom is 0.306 e. The number of aromatic nitrogens is 3. The van der Waals surface area contributed by atoms with E-state index in [4.69, 9.17) is 9.72 Å². The molecule has 9 heteroatoms. The van der Waals surface area contributed by atoms with E-state index in [2.05, 4.69) is 62.5 Å². The van der Waals surface area contributed by atoms with E-state index in [1.165, 1.54) is 38.5 Å². The van der Waals surface area contributed by atoms with E-state index in [-0.39, 0.29) is 58.0 Å². The lowest BCUT2D eigenvalue weighted by molar-refractivity contribution is -0.251. The quantitative estimate of drug-likeness (QED) is 0.242. The minimum absolute atomic E-state index is 0.00992. The van der Waals surface area contributed by atoms with Crippen LogP contribution in [0.2, 0.25) is 0 Å². The van der Waals surface area contributed by atoms with Gasteiger partial charge in [-0.1, -0.05) is 55.4 Å². The van der Waals surface area contributed by atoms with Gasteiger partial charge in [0.05, 0.1) is 36.2 Å². The summed E-state index contributed by atoms with van der Waals surface area (Å²) in [5.41, 5.74) is 1.68. The number of fused-ring (bicyclic) bond motifs is 7. The molecule has 2 aromatic heterocycles. The van der Waals surface area contributed by atoms with Crippen molar-refractivity contribution in [3.63, 3.8) is 0 Å². The molecule has 2 N–H and O–H groups in total. The highest BCUT2D eigenvalue weighted by Crippen LogP contribution is 2.79. The Balaban J connectivity index is 0.980. The normalized spacial score (nSPS) is 40.6. The standard InChI is InChI=1S/C50H72N4O5/c1-44(2,27-39(55)56)28-40(57)59-38-17-18-47(6)36(45(38,3)4)16-19-49(8)37(47)14-13-33-41-32(46(5)21-22-46)15-20-50(41,24-23-48(33,49)7)43(58)54-26-10-12-35(54)42-52-30-34(53-42)31-11-9-25-51-29-31/h9,11,25,29-30,32-33,35-38,41H,10,12-24,26-28H2,1-8H3,(H,52,53)(H,55,56)/t32-,33-,35?,36+,37-,38+,41-,47+,48-,49-,50+/m1/s1. The van der Waals surface area contributed by atoms with Gasteiger partial charge in [-0.3, -0.25) is 19.4 Å². The molecule has 59 heavy (non-hydrogen) atoms. The van der Waals surface area contributed by atoms with Gasteiger partial charge in [-0.05, 0) is 159 Å². The van der Waals surface area contributed by atoms with E-state index in [9.17, 15) is 14.7 Å². The first kappa shape index (κ1) is 41.1. The zero-order chi connectivity index (χ0) is 42.0. The Labute approximate surface area is 353 Å². The number of pyridine rings is 1. The van der Waals surface area contributed by atoms with Crippen LogP contribution >= 0.6 is 0 Å². The summed E-state index contributed by atoms with van der Waals surface area (Å²) in [6.07, 6.45) is 21.0. The summed E-state index contributed by atoms with van der Waals surface area (Å²) in [6, 6.07) is 4.00. The Bertz CT molecular complexity index is 1970. The van der Waals surface area contributed by atoms with Crippen LogP contribution in [-0.2, 0) is 19.1 Å². The van der Waals surface area contributed by atoms with E-state index in [1.54, 1.807) is 6.20 Å². The largest absolute Gasteiger partial charge is 0.481 e. The van der Waals surface area contributed by atoms with Crippen molar-refractivity contribution in [1.29, 1.82) is 0 Å². The number of aromatic amines is 1. The maximum absolute atomic E-state index is 15.7. The van der Waals surface area contributed by atoms with Crippen molar-refractivity contribution < 1.29 is 24.2 Å². The lowest BCUT2D eigenvalue weighted by Gasteiger charge is -2.73. The molecule has 2 aromatic rings. The molecule has 1 saturated heterocycles. The number of nitrogens with zero attached hydrogens (tertiary/aromatic N) is 3. The van der Waals surface area contributed by atoms with Crippen LogP contribution in [0.25, 0.3) is 11.3 Å². The molecule has 1 aliphatic heterocycles. The monoisotopic (exact) mass is 809 g/mol. The van der Waals surface area contributed by atoms with Gasteiger partial charge in [-0.15, -0.1) is 0 Å². The van der Waals surface area contributed by atoms with Gasteiger partial charge < -0.3 is 19.7 Å². The topological polar surface area (TPSA) is 125 Å². The zero-order valence-electron chi connectivity index (χ0n) is 37.4. The van der Waals surface area contributed by atoms with E-state index >= 15 is 4.79 Å². The second-order valence-electron chi connectivity index (χ2n) is 23.5. The molecule has 1 amide bonds. The number of hydrogen-bond donors (Lipinski definition) is 2. The summed E-state index contributed by atoms with van der Waals surface area (Å²) in [5, 5.41) is 9.41. The van der Waals surface area contributed by atoms with E-state index < -0.39 is 11.4 Å². The van der Waals surface area contributed by atoms with Crippen molar-refractivity contribution in [3.8, 4) is 11.3 Å². The number of carbonyl (C=O) groups is 3. The molecule has 322 valence electrons. The van der Waals surface area contributed by atoms with Crippen molar-refractivity contribution in [1.82, 2.24) is 19.9 Å². The third kappa shape index (κ3) is 6.29. The van der Waals surface area contributed by atoms with Crippen LogP contribution in [0.1, 0.15) is 170 Å².